The summed E-state index contributed by atoms with van der Waals surface area (Å²) in [6.45, 7) is 5.16. The van der Waals surface area contributed by atoms with Gasteiger partial charge >= 0.3 is 0 Å². The fourth-order valence-corrected chi connectivity index (χ4v) is 5.34. The maximum absolute atomic E-state index is 12.4. The molecule has 0 spiro atoms. The summed E-state index contributed by atoms with van der Waals surface area (Å²) < 4.78 is 38.0. The summed E-state index contributed by atoms with van der Waals surface area (Å²) in [4.78, 5) is 2.30. The van der Waals surface area contributed by atoms with Crippen LogP contribution in [0, 0.1) is 6.92 Å². The van der Waals surface area contributed by atoms with E-state index >= 15 is 0 Å². The highest BCUT2D eigenvalue weighted by Gasteiger charge is 2.48. The second-order valence-electron chi connectivity index (χ2n) is 6.52. The second kappa shape index (κ2) is 5.33. The number of hydrogen-bond donors (Lipinski definition) is 0. The highest BCUT2D eigenvalue weighted by Crippen LogP contribution is 2.35. The fraction of sp³-hybridized carbons (Fsp3) is 0.733. The van der Waals surface area contributed by atoms with Crippen molar-refractivity contribution >= 4 is 10.0 Å². The maximum atomic E-state index is 12.4. The third kappa shape index (κ3) is 2.60. The van der Waals surface area contributed by atoms with E-state index < -0.39 is 10.0 Å². The zero-order valence-corrected chi connectivity index (χ0v) is 13.6. The first-order valence-electron chi connectivity index (χ1n) is 7.94. The average molecular weight is 326 g/mol. The molecule has 2 saturated heterocycles. The minimum Gasteiger partial charge on any atom is -0.465 e. The van der Waals surface area contributed by atoms with Crippen molar-refractivity contribution in [3.63, 3.8) is 0 Å². The van der Waals surface area contributed by atoms with Gasteiger partial charge in [0.25, 0.3) is 0 Å². The number of morpholine rings is 1. The number of sulfonamides is 1. The summed E-state index contributed by atoms with van der Waals surface area (Å²) in [6.07, 6.45) is 1.60. The molecule has 2 atom stereocenters. The van der Waals surface area contributed by atoms with Crippen LogP contribution in [0.25, 0.3) is 0 Å². The van der Waals surface area contributed by atoms with E-state index in [9.17, 15) is 8.42 Å². The predicted octanol–water partition coefficient (Wildman–Crippen LogP) is 0.965. The predicted molar refractivity (Wildman–Crippen MR) is 80.9 cm³/mol. The molecule has 6 nitrogen and oxygen atoms in total. The summed E-state index contributed by atoms with van der Waals surface area (Å²) in [6, 6.07) is 4.09. The first kappa shape index (κ1) is 14.7. The highest BCUT2D eigenvalue weighted by molar-refractivity contribution is 7.90. The topological polar surface area (TPSA) is 63.0 Å². The molecule has 1 aromatic rings. The molecule has 0 bridgehead atoms. The van der Waals surface area contributed by atoms with Gasteiger partial charge in [-0.25, -0.2) is 8.42 Å². The van der Waals surface area contributed by atoms with Crippen molar-refractivity contribution in [2.45, 2.75) is 43.7 Å². The molecule has 7 heteroatoms. The van der Waals surface area contributed by atoms with Gasteiger partial charge in [-0.1, -0.05) is 0 Å². The molecule has 0 radical (unpaired) electrons. The van der Waals surface area contributed by atoms with Gasteiger partial charge in [0.15, 0.2) is 0 Å². The van der Waals surface area contributed by atoms with Crippen molar-refractivity contribution in [3.05, 3.63) is 23.7 Å². The zero-order valence-electron chi connectivity index (χ0n) is 12.8. The van der Waals surface area contributed by atoms with Gasteiger partial charge in [-0.15, -0.1) is 0 Å². The molecule has 0 aromatic carbocycles. The number of fused-ring (bicyclic) bond motifs is 1. The van der Waals surface area contributed by atoms with Crippen molar-refractivity contribution in [2.75, 3.05) is 26.2 Å². The van der Waals surface area contributed by atoms with E-state index in [0.717, 1.165) is 37.5 Å². The van der Waals surface area contributed by atoms with Crippen molar-refractivity contribution < 1.29 is 17.6 Å². The fourth-order valence-electron chi connectivity index (χ4n) is 3.48. The van der Waals surface area contributed by atoms with Crippen LogP contribution in [-0.4, -0.2) is 61.3 Å². The minimum absolute atomic E-state index is 0.0154. The molecule has 22 heavy (non-hydrogen) atoms. The third-order valence-electron chi connectivity index (χ3n) is 4.84. The van der Waals surface area contributed by atoms with Gasteiger partial charge in [-0.3, -0.25) is 4.90 Å². The highest BCUT2D eigenvalue weighted by atomic mass is 32.2. The zero-order chi connectivity index (χ0) is 15.3. The molecular weight excluding hydrogens is 304 g/mol. The van der Waals surface area contributed by atoms with Gasteiger partial charge in [0.05, 0.1) is 30.5 Å². The molecule has 0 unspecified atom stereocenters. The van der Waals surface area contributed by atoms with Crippen LogP contribution in [0.5, 0.6) is 0 Å². The number of aryl methyl sites for hydroxylation is 1. The van der Waals surface area contributed by atoms with Crippen molar-refractivity contribution in [1.29, 1.82) is 0 Å². The van der Waals surface area contributed by atoms with E-state index in [2.05, 4.69) is 4.90 Å². The van der Waals surface area contributed by atoms with Gasteiger partial charge in [0.2, 0.25) is 10.0 Å². The summed E-state index contributed by atoms with van der Waals surface area (Å²) >= 11 is 0. The first-order valence-corrected chi connectivity index (χ1v) is 9.44. The number of furan rings is 1. The summed E-state index contributed by atoms with van der Waals surface area (Å²) in [7, 11) is -3.11. The van der Waals surface area contributed by atoms with E-state index in [-0.39, 0.29) is 17.4 Å². The van der Waals surface area contributed by atoms with Crippen molar-refractivity contribution in [2.24, 2.45) is 0 Å². The van der Waals surface area contributed by atoms with Crippen molar-refractivity contribution in [1.82, 2.24) is 9.21 Å². The molecule has 0 amide bonds. The summed E-state index contributed by atoms with van der Waals surface area (Å²) in [5, 5.41) is -0.145. The number of ether oxygens (including phenoxy) is 1. The Morgan fingerprint density at radius 1 is 1.27 bits per heavy atom. The lowest BCUT2D eigenvalue weighted by Crippen LogP contribution is -2.50. The van der Waals surface area contributed by atoms with Gasteiger partial charge in [0.1, 0.15) is 11.5 Å². The van der Waals surface area contributed by atoms with Crippen LogP contribution in [0.4, 0.5) is 0 Å². The molecule has 1 saturated carbocycles. The Morgan fingerprint density at radius 2 is 2.09 bits per heavy atom. The van der Waals surface area contributed by atoms with Gasteiger partial charge in [-0.2, -0.15) is 4.31 Å². The molecule has 3 fully saturated rings. The Morgan fingerprint density at radius 3 is 2.77 bits per heavy atom. The lowest BCUT2D eigenvalue weighted by Gasteiger charge is -2.36. The Labute approximate surface area is 131 Å². The smallest absolute Gasteiger partial charge is 0.217 e. The Hall–Kier alpha value is -0.890. The van der Waals surface area contributed by atoms with Crippen LogP contribution < -0.4 is 0 Å². The molecule has 0 N–H and O–H groups in total. The van der Waals surface area contributed by atoms with Crippen LogP contribution in [0.3, 0.4) is 0 Å². The number of rotatable bonds is 4. The van der Waals surface area contributed by atoms with Crippen molar-refractivity contribution in [3.8, 4) is 0 Å². The SMILES string of the molecule is Cc1ccc(CN2CCO[C@H]3CN(S(=O)(=O)C4CC4)C[C@H]32)o1. The Kier molecular flexibility index (Phi) is 3.56. The third-order valence-corrected chi connectivity index (χ3v) is 7.18. The largest absolute Gasteiger partial charge is 0.465 e. The van der Waals surface area contributed by atoms with Crippen LogP contribution in [0.2, 0.25) is 0 Å². The Bertz CT molecular complexity index is 652. The molecule has 4 rings (SSSR count). The van der Waals surface area contributed by atoms with Gasteiger partial charge in [-0.05, 0) is 31.9 Å². The van der Waals surface area contributed by atoms with E-state index in [0.29, 0.717) is 19.7 Å². The molecule has 3 aliphatic rings. The van der Waals surface area contributed by atoms with Gasteiger partial charge < -0.3 is 9.15 Å². The molecule has 122 valence electrons. The van der Waals surface area contributed by atoms with Crippen LogP contribution in [0.1, 0.15) is 24.4 Å². The van der Waals surface area contributed by atoms with Gasteiger partial charge in [0, 0.05) is 19.6 Å². The average Bonchev–Trinajstić information content (AvgIpc) is 3.13. The van der Waals surface area contributed by atoms with Crippen LogP contribution in [0.15, 0.2) is 16.5 Å². The molecular formula is C15H22N2O4S. The standard InChI is InChI=1S/C15H22N2O4S/c1-11-2-3-12(21-11)8-16-6-7-20-15-10-17(9-14(15)16)22(18,19)13-4-5-13/h2-3,13-15H,4-10H2,1H3/t14-,15+/m1/s1. The lowest BCUT2D eigenvalue weighted by atomic mass is 10.1. The number of nitrogens with zero attached hydrogens (tertiary/aromatic N) is 2. The van der Waals surface area contributed by atoms with Crippen LogP contribution in [-0.2, 0) is 21.3 Å². The number of hydrogen-bond acceptors (Lipinski definition) is 5. The summed E-state index contributed by atoms with van der Waals surface area (Å²) in [5.41, 5.74) is 0. The quantitative estimate of drug-likeness (QED) is 0.825. The molecule has 2 aliphatic heterocycles. The van der Waals surface area contributed by atoms with E-state index in [1.54, 1.807) is 4.31 Å². The molecule has 3 heterocycles. The minimum atomic E-state index is -3.11. The Balaban J connectivity index is 1.49. The monoisotopic (exact) mass is 326 g/mol. The van der Waals surface area contributed by atoms with Crippen LogP contribution >= 0.6 is 0 Å². The summed E-state index contributed by atoms with van der Waals surface area (Å²) in [5.74, 6) is 1.84. The van der Waals surface area contributed by atoms with E-state index in [4.69, 9.17) is 9.15 Å². The normalized spacial score (nSPS) is 30.6. The molecule has 1 aromatic heterocycles. The first-order chi connectivity index (χ1) is 10.5. The second-order valence-corrected chi connectivity index (χ2v) is 8.73. The lowest BCUT2D eigenvalue weighted by molar-refractivity contribution is -0.0521. The van der Waals surface area contributed by atoms with E-state index in [1.807, 2.05) is 19.1 Å². The molecule has 1 aliphatic carbocycles. The maximum Gasteiger partial charge on any atom is 0.217 e. The van der Waals surface area contributed by atoms with E-state index in [1.165, 1.54) is 0 Å².